The van der Waals surface area contributed by atoms with Gasteiger partial charge in [-0.25, -0.2) is 18.2 Å². The molecule has 194 valence electrons. The molecule has 2 aromatic carbocycles. The lowest BCUT2D eigenvalue weighted by Gasteiger charge is -2.21. The molecule has 4 rings (SSSR count). The van der Waals surface area contributed by atoms with Crippen LogP contribution >= 0.6 is 9.24 Å². The van der Waals surface area contributed by atoms with Crippen molar-refractivity contribution in [2.45, 2.75) is 36.8 Å². The summed E-state index contributed by atoms with van der Waals surface area (Å²) in [6.07, 6.45) is -3.17. The Morgan fingerprint density at radius 2 is 1.76 bits per heavy atom. The number of halogens is 3. The minimum Gasteiger partial charge on any atom is -0.329 e. The zero-order valence-corrected chi connectivity index (χ0v) is 21.2. The minimum absolute atomic E-state index is 0.0307. The molecule has 0 radical (unpaired) electrons. The highest BCUT2D eigenvalue weighted by Gasteiger charge is 2.35. The van der Waals surface area contributed by atoms with E-state index in [2.05, 4.69) is 19.7 Å². The molecule has 0 spiro atoms. The molecule has 0 saturated heterocycles. The van der Waals surface area contributed by atoms with Gasteiger partial charge >= 0.3 is 6.18 Å². The number of Topliss-reactive ketones (excluding diaryl/α,β-unsaturated/α-hetero) is 1. The average molecular weight is 550 g/mol. The molecule has 1 unspecified atom stereocenters. The Labute approximate surface area is 213 Å². The highest BCUT2D eigenvalue weighted by molar-refractivity contribution is 7.89. The molecule has 37 heavy (non-hydrogen) atoms. The number of aromatic nitrogens is 2. The van der Waals surface area contributed by atoms with Gasteiger partial charge in [0.15, 0.2) is 11.5 Å². The highest BCUT2D eigenvalue weighted by Crippen LogP contribution is 2.34. The monoisotopic (exact) mass is 550 g/mol. The van der Waals surface area contributed by atoms with Crippen molar-refractivity contribution in [2.75, 3.05) is 0 Å². The number of hydrogen-bond donors (Lipinski definition) is 2. The fourth-order valence-corrected chi connectivity index (χ4v) is 4.57. The quantitative estimate of drug-likeness (QED) is 0.322. The summed E-state index contributed by atoms with van der Waals surface area (Å²) in [5, 5.41) is 12.6. The van der Waals surface area contributed by atoms with Gasteiger partial charge in [0.1, 0.15) is 0 Å². The second-order valence-corrected chi connectivity index (χ2v) is 10.7. The van der Waals surface area contributed by atoms with Gasteiger partial charge in [-0.1, -0.05) is 18.2 Å². The Balaban J connectivity index is 1.61. The molecule has 1 heterocycles. The first kappa shape index (κ1) is 26.7. The van der Waals surface area contributed by atoms with Crippen molar-refractivity contribution in [3.8, 4) is 16.9 Å². The minimum atomic E-state index is -4.74. The lowest BCUT2D eigenvalue weighted by molar-refractivity contribution is -0.141. The van der Waals surface area contributed by atoms with Gasteiger partial charge in [-0.2, -0.15) is 18.3 Å². The Morgan fingerprint density at radius 1 is 1.05 bits per heavy atom. The number of nitrogens with one attached hydrogen (secondary N) is 1. The van der Waals surface area contributed by atoms with Crippen LogP contribution in [0.4, 0.5) is 13.2 Å². The number of rotatable bonds is 8. The number of ketones is 1. The zero-order chi connectivity index (χ0) is 27.0. The number of nitrogens with two attached hydrogens (primary N) is 1. The van der Waals surface area contributed by atoms with Gasteiger partial charge in [0, 0.05) is 29.7 Å². The fraction of sp³-hybridized carbons (Fsp3) is 0.208. The SMILES string of the molecule is NS(=O)(=O)c1ccc(-n2nc(C(F)(F)F)cc2-c2cccc(C(=O)CCC(=O)NC3=C(P)CC3)c2)cc1. The van der Waals surface area contributed by atoms with E-state index in [4.69, 9.17) is 5.14 Å². The van der Waals surface area contributed by atoms with Gasteiger partial charge < -0.3 is 5.32 Å². The number of nitrogens with zero attached hydrogens (tertiary/aromatic N) is 2. The first-order valence-corrected chi connectivity index (χ1v) is 13.2. The number of alkyl halides is 3. The number of amides is 1. The molecular weight excluding hydrogens is 528 g/mol. The van der Waals surface area contributed by atoms with Crippen LogP contribution in [0.3, 0.4) is 0 Å². The first-order valence-electron chi connectivity index (χ1n) is 11.0. The van der Waals surface area contributed by atoms with Crippen LogP contribution in [0.5, 0.6) is 0 Å². The summed E-state index contributed by atoms with van der Waals surface area (Å²) in [7, 11) is -1.44. The number of benzene rings is 2. The number of carbonyl (C=O) groups is 2. The van der Waals surface area contributed by atoms with Gasteiger partial charge in [0.25, 0.3) is 0 Å². The summed E-state index contributed by atoms with van der Waals surface area (Å²) >= 11 is 0. The molecular formula is C24H22F3N4O4PS. The molecule has 8 nitrogen and oxygen atoms in total. The maximum Gasteiger partial charge on any atom is 0.435 e. The first-order chi connectivity index (χ1) is 17.3. The predicted molar refractivity (Wildman–Crippen MR) is 133 cm³/mol. The normalized spacial score (nSPS) is 13.9. The largest absolute Gasteiger partial charge is 0.435 e. The van der Waals surface area contributed by atoms with Crippen molar-refractivity contribution in [3.05, 3.63) is 76.9 Å². The summed E-state index contributed by atoms with van der Waals surface area (Å²) < 4.78 is 64.6. The van der Waals surface area contributed by atoms with Gasteiger partial charge in [0.05, 0.1) is 16.3 Å². The van der Waals surface area contributed by atoms with Crippen molar-refractivity contribution < 1.29 is 31.2 Å². The third kappa shape index (κ3) is 6.15. The van der Waals surface area contributed by atoms with Crippen LogP contribution in [-0.4, -0.2) is 29.9 Å². The summed E-state index contributed by atoms with van der Waals surface area (Å²) in [5.41, 5.74) is 0.380. The van der Waals surface area contributed by atoms with E-state index in [9.17, 15) is 31.2 Å². The molecule has 3 aromatic rings. The van der Waals surface area contributed by atoms with Crippen molar-refractivity contribution in [2.24, 2.45) is 5.14 Å². The highest BCUT2D eigenvalue weighted by atomic mass is 32.2. The van der Waals surface area contributed by atoms with Crippen LogP contribution in [0.15, 0.2) is 70.5 Å². The molecule has 1 aromatic heterocycles. The standard InChI is InChI=1S/C24H22F3N4O4PS/c25-24(26,27)22-13-19(31(30-22)16-4-6-17(7-5-16)37(28,34)35)14-2-1-3-15(12-14)20(32)9-11-23(33)29-18-8-10-21(18)36/h1-7,12-13H,8-11,36H2,(H,29,33)(H2,28,34,35). The summed E-state index contributed by atoms with van der Waals surface area (Å²) in [4.78, 5) is 24.7. The molecule has 1 amide bonds. The number of sulfonamides is 1. The Bertz CT molecular complexity index is 1510. The van der Waals surface area contributed by atoms with E-state index in [-0.39, 0.29) is 51.9 Å². The number of primary sulfonamides is 1. The lowest BCUT2D eigenvalue weighted by atomic mass is 10.0. The third-order valence-electron chi connectivity index (χ3n) is 5.79. The van der Waals surface area contributed by atoms with Crippen LogP contribution < -0.4 is 10.5 Å². The molecule has 3 N–H and O–H groups in total. The van der Waals surface area contributed by atoms with Crippen molar-refractivity contribution in [3.63, 3.8) is 0 Å². The van der Waals surface area contributed by atoms with Gasteiger partial charge in [-0.3, -0.25) is 9.59 Å². The smallest absolute Gasteiger partial charge is 0.329 e. The van der Waals surface area contributed by atoms with E-state index in [1.807, 2.05) is 0 Å². The molecule has 0 bridgehead atoms. The fourth-order valence-electron chi connectivity index (χ4n) is 3.69. The Hall–Kier alpha value is -3.34. The van der Waals surface area contributed by atoms with Gasteiger partial charge in [-0.15, -0.1) is 9.24 Å². The van der Waals surface area contributed by atoms with E-state index in [1.165, 1.54) is 36.4 Å². The zero-order valence-electron chi connectivity index (χ0n) is 19.2. The molecule has 1 aliphatic carbocycles. The average Bonchev–Trinajstić information content (AvgIpc) is 3.31. The molecule has 13 heteroatoms. The number of allylic oxidation sites excluding steroid dienone is 2. The van der Waals surface area contributed by atoms with Crippen LogP contribution in [0.1, 0.15) is 41.7 Å². The van der Waals surface area contributed by atoms with Gasteiger partial charge in [0.2, 0.25) is 15.9 Å². The molecule has 1 atom stereocenters. The van der Waals surface area contributed by atoms with E-state index < -0.39 is 21.9 Å². The molecule has 0 saturated carbocycles. The Kier molecular flexibility index (Phi) is 7.36. The maximum absolute atomic E-state index is 13.5. The molecule has 0 aliphatic heterocycles. The summed E-state index contributed by atoms with van der Waals surface area (Å²) in [5.74, 6) is -0.625. The van der Waals surface area contributed by atoms with E-state index >= 15 is 0 Å². The second-order valence-electron chi connectivity index (χ2n) is 8.42. The second kappa shape index (κ2) is 10.2. The molecule has 0 fully saturated rings. The van der Waals surface area contributed by atoms with Crippen LogP contribution in [0, 0.1) is 0 Å². The maximum atomic E-state index is 13.5. The topological polar surface area (TPSA) is 124 Å². The lowest BCUT2D eigenvalue weighted by Crippen LogP contribution is -2.27. The predicted octanol–water partition coefficient (Wildman–Crippen LogP) is 4.17. The number of carbonyl (C=O) groups excluding carboxylic acids is 2. The third-order valence-corrected chi connectivity index (χ3v) is 7.36. The number of hydrogen-bond acceptors (Lipinski definition) is 5. The van der Waals surface area contributed by atoms with Crippen LogP contribution in [0.2, 0.25) is 0 Å². The summed E-state index contributed by atoms with van der Waals surface area (Å²) in [6, 6.07) is 11.7. The molecule has 1 aliphatic rings. The Morgan fingerprint density at radius 3 is 2.32 bits per heavy atom. The van der Waals surface area contributed by atoms with E-state index in [1.54, 1.807) is 0 Å². The summed E-state index contributed by atoms with van der Waals surface area (Å²) in [6.45, 7) is 0. The van der Waals surface area contributed by atoms with E-state index in [0.29, 0.717) is 0 Å². The van der Waals surface area contributed by atoms with Crippen LogP contribution in [-0.2, 0) is 21.0 Å². The van der Waals surface area contributed by atoms with Crippen molar-refractivity contribution >= 4 is 31.0 Å². The van der Waals surface area contributed by atoms with Crippen molar-refractivity contribution in [1.82, 2.24) is 15.1 Å². The van der Waals surface area contributed by atoms with Crippen molar-refractivity contribution in [1.29, 1.82) is 0 Å². The van der Waals surface area contributed by atoms with Gasteiger partial charge in [-0.05, 0) is 54.6 Å². The van der Waals surface area contributed by atoms with Crippen LogP contribution in [0.25, 0.3) is 16.9 Å². The van der Waals surface area contributed by atoms with E-state index in [0.717, 1.165) is 46.7 Å².